The largest absolute Gasteiger partial charge is 0.480 e. The summed E-state index contributed by atoms with van der Waals surface area (Å²) in [7, 11) is 0. The summed E-state index contributed by atoms with van der Waals surface area (Å²) in [5, 5.41) is 3.82. The van der Waals surface area contributed by atoms with Gasteiger partial charge in [-0.25, -0.2) is 4.39 Å². The molecule has 0 bridgehead atoms. The van der Waals surface area contributed by atoms with Gasteiger partial charge in [0, 0.05) is 5.92 Å². The molecule has 1 aromatic heterocycles. The molecule has 0 aliphatic carbocycles. The van der Waals surface area contributed by atoms with Gasteiger partial charge in [-0.05, 0) is 19.1 Å². The van der Waals surface area contributed by atoms with Gasteiger partial charge in [-0.15, -0.1) is 0 Å². The summed E-state index contributed by atoms with van der Waals surface area (Å²) in [5.74, 6) is -0.679. The van der Waals surface area contributed by atoms with Crippen LogP contribution in [0.1, 0.15) is 54.9 Å². The van der Waals surface area contributed by atoms with Crippen molar-refractivity contribution in [3.05, 3.63) is 41.3 Å². The topological polar surface area (TPSA) is 91.2 Å². The van der Waals surface area contributed by atoms with Crippen LogP contribution in [0.5, 0.6) is 5.75 Å². The molecule has 0 aliphatic heterocycles. The monoisotopic (exact) mass is 293 g/mol. The summed E-state index contributed by atoms with van der Waals surface area (Å²) in [5.41, 5.74) is 4.87. The molecule has 0 fully saturated rings. The highest BCUT2D eigenvalue weighted by molar-refractivity contribution is 5.95. The fourth-order valence-corrected chi connectivity index (χ4v) is 1.73. The molecule has 1 aromatic carbocycles. The van der Waals surface area contributed by atoms with E-state index in [9.17, 15) is 9.18 Å². The zero-order valence-corrected chi connectivity index (χ0v) is 12.0. The summed E-state index contributed by atoms with van der Waals surface area (Å²) in [6, 6.07) is 4.03. The molecule has 1 atom stereocenters. The fourth-order valence-electron chi connectivity index (χ4n) is 1.73. The second-order valence-corrected chi connectivity index (χ2v) is 4.88. The lowest BCUT2D eigenvalue weighted by atomic mass is 10.1. The summed E-state index contributed by atoms with van der Waals surface area (Å²) < 4.78 is 24.3. The Kier molecular flexibility index (Phi) is 4.21. The third-order valence-electron chi connectivity index (χ3n) is 2.85. The van der Waals surface area contributed by atoms with Crippen molar-refractivity contribution in [3.63, 3.8) is 0 Å². The number of rotatable bonds is 5. The molecule has 0 radical (unpaired) electrons. The number of halogens is 1. The van der Waals surface area contributed by atoms with Crippen molar-refractivity contribution in [1.82, 2.24) is 10.1 Å². The third kappa shape index (κ3) is 3.18. The van der Waals surface area contributed by atoms with Crippen LogP contribution < -0.4 is 10.5 Å². The van der Waals surface area contributed by atoms with E-state index in [1.54, 1.807) is 6.92 Å². The van der Waals surface area contributed by atoms with Crippen molar-refractivity contribution >= 4 is 5.91 Å². The average molecular weight is 293 g/mol. The molecule has 6 nitrogen and oxygen atoms in total. The van der Waals surface area contributed by atoms with Crippen LogP contribution in [0.25, 0.3) is 0 Å². The van der Waals surface area contributed by atoms with E-state index in [0.29, 0.717) is 5.82 Å². The Morgan fingerprint density at radius 2 is 2.10 bits per heavy atom. The number of ether oxygens (including phenoxy) is 1. The van der Waals surface area contributed by atoms with Gasteiger partial charge in [0.2, 0.25) is 0 Å². The Balaban J connectivity index is 2.25. The summed E-state index contributed by atoms with van der Waals surface area (Å²) >= 11 is 0. The first kappa shape index (κ1) is 15.0. The van der Waals surface area contributed by atoms with E-state index in [1.165, 1.54) is 12.1 Å². The number of nitrogens with zero attached hydrogens (tertiary/aromatic N) is 2. The van der Waals surface area contributed by atoms with Crippen molar-refractivity contribution in [1.29, 1.82) is 0 Å². The van der Waals surface area contributed by atoms with Crippen LogP contribution in [-0.2, 0) is 0 Å². The number of amides is 1. The molecule has 0 saturated heterocycles. The number of carbonyl (C=O) groups is 1. The second-order valence-electron chi connectivity index (χ2n) is 4.88. The van der Waals surface area contributed by atoms with Gasteiger partial charge in [0.25, 0.3) is 11.8 Å². The highest BCUT2D eigenvalue weighted by Crippen LogP contribution is 2.26. The molecule has 0 saturated carbocycles. The highest BCUT2D eigenvalue weighted by Gasteiger charge is 2.21. The Morgan fingerprint density at radius 1 is 1.38 bits per heavy atom. The standard InChI is InChI=1S/C14H16FN3O3/c1-7(2)13-17-14(21-18-13)8(3)20-10-6-4-5-9(15)11(10)12(16)19/h4-8H,1-3H3,(H2,16,19)/t8-/m1/s1. The lowest BCUT2D eigenvalue weighted by molar-refractivity contribution is 0.0986. The summed E-state index contributed by atoms with van der Waals surface area (Å²) in [6.07, 6.45) is -0.634. The van der Waals surface area contributed by atoms with Crippen molar-refractivity contribution in [3.8, 4) is 5.75 Å². The zero-order chi connectivity index (χ0) is 15.6. The summed E-state index contributed by atoms with van der Waals surface area (Å²) in [4.78, 5) is 15.5. The van der Waals surface area contributed by atoms with Crippen molar-refractivity contribution < 1.29 is 18.4 Å². The molecule has 7 heteroatoms. The molecular weight excluding hydrogens is 277 g/mol. The predicted octanol–water partition coefficient (Wildman–Crippen LogP) is 2.57. The zero-order valence-electron chi connectivity index (χ0n) is 12.0. The minimum Gasteiger partial charge on any atom is -0.480 e. The van der Waals surface area contributed by atoms with Crippen LogP contribution >= 0.6 is 0 Å². The van der Waals surface area contributed by atoms with E-state index in [2.05, 4.69) is 10.1 Å². The van der Waals surface area contributed by atoms with Crippen LogP contribution in [0, 0.1) is 5.82 Å². The first-order chi connectivity index (χ1) is 9.90. The van der Waals surface area contributed by atoms with E-state index in [4.69, 9.17) is 15.0 Å². The molecule has 2 rings (SSSR count). The molecule has 21 heavy (non-hydrogen) atoms. The van der Waals surface area contributed by atoms with E-state index in [-0.39, 0.29) is 23.1 Å². The first-order valence-electron chi connectivity index (χ1n) is 6.48. The molecule has 2 N–H and O–H groups in total. The van der Waals surface area contributed by atoms with Gasteiger partial charge < -0.3 is 15.0 Å². The minimum absolute atomic E-state index is 0.0410. The van der Waals surface area contributed by atoms with Gasteiger partial charge in [-0.2, -0.15) is 4.98 Å². The fraction of sp³-hybridized carbons (Fsp3) is 0.357. The summed E-state index contributed by atoms with van der Waals surface area (Å²) in [6.45, 7) is 5.52. The molecule has 0 unspecified atom stereocenters. The number of aromatic nitrogens is 2. The molecule has 1 amide bonds. The minimum atomic E-state index is -0.899. The van der Waals surface area contributed by atoms with Crippen LogP contribution in [0.4, 0.5) is 4.39 Å². The number of carbonyl (C=O) groups excluding carboxylic acids is 1. The normalized spacial score (nSPS) is 12.4. The van der Waals surface area contributed by atoms with Crippen LogP contribution in [0.2, 0.25) is 0 Å². The Bertz CT molecular complexity index is 655. The van der Waals surface area contributed by atoms with Gasteiger partial charge in [-0.3, -0.25) is 4.79 Å². The van der Waals surface area contributed by atoms with Crippen molar-refractivity contribution in [2.45, 2.75) is 32.8 Å². The predicted molar refractivity (Wildman–Crippen MR) is 72.3 cm³/mol. The maximum atomic E-state index is 13.6. The molecule has 0 aliphatic rings. The Morgan fingerprint density at radius 3 is 2.67 bits per heavy atom. The maximum absolute atomic E-state index is 13.6. The van der Waals surface area contributed by atoms with E-state index in [0.717, 1.165) is 6.07 Å². The first-order valence-corrected chi connectivity index (χ1v) is 6.48. The SMILES string of the molecule is CC(C)c1noc([C@@H](C)Oc2cccc(F)c2C(N)=O)n1. The Hall–Kier alpha value is -2.44. The quantitative estimate of drug-likeness (QED) is 0.914. The van der Waals surface area contributed by atoms with Crippen molar-refractivity contribution in [2.75, 3.05) is 0 Å². The number of primary amides is 1. The number of hydrogen-bond donors (Lipinski definition) is 1. The van der Waals surface area contributed by atoms with Gasteiger partial charge in [0.15, 0.2) is 11.9 Å². The molecule has 112 valence electrons. The van der Waals surface area contributed by atoms with E-state index >= 15 is 0 Å². The van der Waals surface area contributed by atoms with Gasteiger partial charge in [0.1, 0.15) is 17.1 Å². The van der Waals surface area contributed by atoms with Crippen LogP contribution in [0.15, 0.2) is 22.7 Å². The number of benzene rings is 1. The van der Waals surface area contributed by atoms with Crippen molar-refractivity contribution in [2.24, 2.45) is 5.73 Å². The smallest absolute Gasteiger partial charge is 0.267 e. The van der Waals surface area contributed by atoms with Gasteiger partial charge in [-0.1, -0.05) is 25.1 Å². The van der Waals surface area contributed by atoms with E-state index < -0.39 is 17.8 Å². The average Bonchev–Trinajstić information content (AvgIpc) is 2.88. The second kappa shape index (κ2) is 5.90. The lowest BCUT2D eigenvalue weighted by Gasteiger charge is -2.13. The van der Waals surface area contributed by atoms with Crippen LogP contribution in [0.3, 0.4) is 0 Å². The third-order valence-corrected chi connectivity index (χ3v) is 2.85. The highest BCUT2D eigenvalue weighted by atomic mass is 19.1. The Labute approximate surface area is 121 Å². The van der Waals surface area contributed by atoms with Gasteiger partial charge >= 0.3 is 0 Å². The number of nitrogens with two attached hydrogens (primary N) is 1. The molecule has 2 aromatic rings. The molecule has 1 heterocycles. The van der Waals surface area contributed by atoms with Gasteiger partial charge in [0.05, 0.1) is 0 Å². The maximum Gasteiger partial charge on any atom is 0.267 e. The van der Waals surface area contributed by atoms with E-state index in [1.807, 2.05) is 13.8 Å². The number of hydrogen-bond acceptors (Lipinski definition) is 5. The molecule has 0 spiro atoms. The molecular formula is C14H16FN3O3. The lowest BCUT2D eigenvalue weighted by Crippen LogP contribution is -2.16. The van der Waals surface area contributed by atoms with Crippen LogP contribution in [-0.4, -0.2) is 16.0 Å².